The Labute approximate surface area is 200 Å². The first-order valence-corrected chi connectivity index (χ1v) is 11.2. The molecule has 2 aromatic rings. The summed E-state index contributed by atoms with van der Waals surface area (Å²) in [7, 11) is 0. The average molecular weight is 490 g/mol. The van der Waals surface area contributed by atoms with Gasteiger partial charge < -0.3 is 5.32 Å². The highest BCUT2D eigenvalue weighted by molar-refractivity contribution is 7.80. The van der Waals surface area contributed by atoms with Crippen LogP contribution in [-0.4, -0.2) is 22.6 Å². The summed E-state index contributed by atoms with van der Waals surface area (Å²) in [5.74, 6) is -1.32. The number of halogens is 4. The third-order valence-corrected chi connectivity index (χ3v) is 5.88. The predicted molar refractivity (Wildman–Crippen MR) is 126 cm³/mol. The van der Waals surface area contributed by atoms with Crippen molar-refractivity contribution in [1.82, 2.24) is 5.32 Å². The van der Waals surface area contributed by atoms with E-state index in [0.717, 1.165) is 34.7 Å². The lowest BCUT2D eigenvalue weighted by Crippen LogP contribution is -2.42. The molecule has 1 N–H and O–H groups in total. The van der Waals surface area contributed by atoms with E-state index in [1.165, 1.54) is 24.3 Å². The number of allylic oxidation sites excluding steroid dienone is 4. The van der Waals surface area contributed by atoms with E-state index in [2.05, 4.69) is 5.32 Å². The standard InChI is InChI=1S/C26H23F4NO2S/c27-21-14-10-19(11-15-21)25(33)22(16-17-8-12-20(13-9-17)26(28,29)30)31-24(32)7-3-5-18-4-1-2-6-23(18)34/h1-2,4,8-15,22H,3,5-7,16H2,(H,31,32). The molecule has 0 heterocycles. The molecule has 1 aliphatic carbocycles. The van der Waals surface area contributed by atoms with Crippen molar-refractivity contribution in [3.05, 3.63) is 94.8 Å². The molecular weight excluding hydrogens is 466 g/mol. The summed E-state index contributed by atoms with van der Waals surface area (Å²) in [5, 5.41) is 2.70. The lowest BCUT2D eigenvalue weighted by molar-refractivity contribution is -0.137. The summed E-state index contributed by atoms with van der Waals surface area (Å²) >= 11 is 5.32. The molecule has 1 aliphatic rings. The molecule has 0 radical (unpaired) electrons. The molecule has 0 saturated carbocycles. The predicted octanol–water partition coefficient (Wildman–Crippen LogP) is 6.18. The third kappa shape index (κ3) is 7.18. The van der Waals surface area contributed by atoms with E-state index in [1.54, 1.807) is 0 Å². The van der Waals surface area contributed by atoms with Crippen molar-refractivity contribution in [2.24, 2.45) is 0 Å². The highest BCUT2D eigenvalue weighted by Gasteiger charge is 2.30. The zero-order valence-corrected chi connectivity index (χ0v) is 19.0. The third-order valence-electron chi connectivity index (χ3n) is 5.45. The van der Waals surface area contributed by atoms with Gasteiger partial charge in [-0.25, -0.2) is 4.39 Å². The molecule has 1 atom stereocenters. The minimum absolute atomic E-state index is 0.000119. The maximum atomic E-state index is 13.3. The summed E-state index contributed by atoms with van der Waals surface area (Å²) in [6.07, 6.45) is 3.36. The number of rotatable bonds is 9. The van der Waals surface area contributed by atoms with Gasteiger partial charge in [-0.3, -0.25) is 9.59 Å². The number of carbonyl (C=O) groups excluding carboxylic acids is 2. The lowest BCUT2D eigenvalue weighted by atomic mass is 9.96. The van der Waals surface area contributed by atoms with Crippen LogP contribution in [0.4, 0.5) is 17.6 Å². The summed E-state index contributed by atoms with van der Waals surface area (Å²) in [4.78, 5) is 26.5. The Morgan fingerprint density at radius 3 is 2.32 bits per heavy atom. The topological polar surface area (TPSA) is 46.2 Å². The fraction of sp³-hybridized carbons (Fsp3) is 0.269. The summed E-state index contributed by atoms with van der Waals surface area (Å²) in [6.45, 7) is 0. The Bertz CT molecular complexity index is 1100. The number of hydrogen-bond donors (Lipinski definition) is 1. The monoisotopic (exact) mass is 489 g/mol. The lowest BCUT2D eigenvalue weighted by Gasteiger charge is -2.19. The molecule has 1 unspecified atom stereocenters. The summed E-state index contributed by atoms with van der Waals surface area (Å²) in [6, 6.07) is 8.33. The molecule has 0 saturated heterocycles. The van der Waals surface area contributed by atoms with Crippen LogP contribution < -0.4 is 5.32 Å². The largest absolute Gasteiger partial charge is 0.416 e. The zero-order valence-electron chi connectivity index (χ0n) is 18.2. The van der Waals surface area contributed by atoms with Crippen LogP contribution in [0, 0.1) is 5.82 Å². The average Bonchev–Trinajstić information content (AvgIpc) is 2.80. The van der Waals surface area contributed by atoms with Gasteiger partial charge >= 0.3 is 6.18 Å². The van der Waals surface area contributed by atoms with Crippen molar-refractivity contribution in [2.75, 3.05) is 0 Å². The second-order valence-corrected chi connectivity index (χ2v) is 8.48. The number of amides is 1. The van der Waals surface area contributed by atoms with Gasteiger partial charge in [0.25, 0.3) is 0 Å². The number of Topliss-reactive ketones (excluding diaryl/α,β-unsaturated/α-hetero) is 1. The van der Waals surface area contributed by atoms with Crippen molar-refractivity contribution >= 4 is 28.8 Å². The van der Waals surface area contributed by atoms with Gasteiger partial charge in [-0.2, -0.15) is 13.2 Å². The highest BCUT2D eigenvalue weighted by atomic mass is 32.1. The van der Waals surface area contributed by atoms with Gasteiger partial charge in [-0.1, -0.05) is 42.6 Å². The number of nitrogens with one attached hydrogen (secondary N) is 1. The van der Waals surface area contributed by atoms with Crippen LogP contribution in [-0.2, 0) is 17.4 Å². The van der Waals surface area contributed by atoms with E-state index in [4.69, 9.17) is 12.2 Å². The van der Waals surface area contributed by atoms with E-state index in [9.17, 15) is 27.2 Å². The van der Waals surface area contributed by atoms with Crippen molar-refractivity contribution in [2.45, 2.75) is 44.3 Å². The fourth-order valence-electron chi connectivity index (χ4n) is 3.60. The summed E-state index contributed by atoms with van der Waals surface area (Å²) in [5.41, 5.74) is 0.863. The van der Waals surface area contributed by atoms with E-state index < -0.39 is 29.4 Å². The number of benzene rings is 2. The van der Waals surface area contributed by atoms with Gasteiger partial charge in [-0.15, -0.1) is 0 Å². The molecule has 178 valence electrons. The minimum Gasteiger partial charge on any atom is -0.346 e. The fourth-order valence-corrected chi connectivity index (χ4v) is 3.87. The highest BCUT2D eigenvalue weighted by Crippen LogP contribution is 2.29. The minimum atomic E-state index is -4.47. The SMILES string of the molecule is O=C(CCCC1=CC=CCC1=S)NC(Cc1ccc(C(F)(F)F)cc1)C(=O)c1ccc(F)cc1. The Balaban J connectivity index is 1.69. The molecule has 0 aromatic heterocycles. The van der Waals surface area contributed by atoms with Crippen LogP contribution >= 0.6 is 12.2 Å². The van der Waals surface area contributed by atoms with Gasteiger partial charge in [0.05, 0.1) is 11.6 Å². The number of alkyl halides is 3. The van der Waals surface area contributed by atoms with Gasteiger partial charge in [0.1, 0.15) is 5.82 Å². The van der Waals surface area contributed by atoms with Crippen LogP contribution in [0.3, 0.4) is 0 Å². The molecule has 0 aliphatic heterocycles. The van der Waals surface area contributed by atoms with Crippen molar-refractivity contribution < 1.29 is 27.2 Å². The molecule has 3 rings (SSSR count). The van der Waals surface area contributed by atoms with E-state index in [0.29, 0.717) is 24.8 Å². The Hall–Kier alpha value is -3.13. The molecule has 1 amide bonds. The van der Waals surface area contributed by atoms with Crippen LogP contribution in [0.1, 0.15) is 47.2 Å². The first-order chi connectivity index (χ1) is 16.1. The first-order valence-electron chi connectivity index (χ1n) is 10.8. The number of hydrogen-bond acceptors (Lipinski definition) is 3. The van der Waals surface area contributed by atoms with Gasteiger partial charge in [0.15, 0.2) is 5.78 Å². The molecule has 0 fully saturated rings. The van der Waals surface area contributed by atoms with Crippen molar-refractivity contribution in [1.29, 1.82) is 0 Å². The van der Waals surface area contributed by atoms with Crippen LogP contribution in [0.5, 0.6) is 0 Å². The van der Waals surface area contributed by atoms with Crippen LogP contribution in [0.2, 0.25) is 0 Å². The number of thiocarbonyl (C=S) groups is 1. The molecule has 2 aromatic carbocycles. The van der Waals surface area contributed by atoms with E-state index >= 15 is 0 Å². The quantitative estimate of drug-likeness (QED) is 0.260. The van der Waals surface area contributed by atoms with Crippen LogP contribution in [0.25, 0.3) is 0 Å². The van der Waals surface area contributed by atoms with Crippen molar-refractivity contribution in [3.63, 3.8) is 0 Å². The number of carbonyl (C=O) groups is 2. The first kappa shape index (κ1) is 25.5. The van der Waals surface area contributed by atoms with Crippen molar-refractivity contribution in [3.8, 4) is 0 Å². The Morgan fingerprint density at radius 2 is 1.71 bits per heavy atom. The second kappa shape index (κ2) is 11.3. The smallest absolute Gasteiger partial charge is 0.346 e. The molecule has 34 heavy (non-hydrogen) atoms. The Kier molecular flexibility index (Phi) is 8.50. The molecule has 0 spiro atoms. The normalized spacial score (nSPS) is 14.5. The van der Waals surface area contributed by atoms with Gasteiger partial charge in [0.2, 0.25) is 5.91 Å². The molecule has 0 bridgehead atoms. The van der Waals surface area contributed by atoms with Gasteiger partial charge in [-0.05, 0) is 60.4 Å². The van der Waals surface area contributed by atoms with Gasteiger partial charge in [0, 0.05) is 29.7 Å². The second-order valence-electron chi connectivity index (χ2n) is 7.99. The number of ketones is 1. The molecular formula is C26H23F4NO2S. The van der Waals surface area contributed by atoms with E-state index in [1.807, 2.05) is 18.2 Å². The van der Waals surface area contributed by atoms with Crippen LogP contribution in [0.15, 0.2) is 72.3 Å². The summed E-state index contributed by atoms with van der Waals surface area (Å²) < 4.78 is 51.8. The molecule has 8 heteroatoms. The molecule has 3 nitrogen and oxygen atoms in total. The maximum Gasteiger partial charge on any atom is 0.416 e. The zero-order chi connectivity index (χ0) is 24.7. The van der Waals surface area contributed by atoms with E-state index in [-0.39, 0.29) is 24.3 Å². The maximum absolute atomic E-state index is 13.3. The Morgan fingerprint density at radius 1 is 1.03 bits per heavy atom.